The molecule has 0 aliphatic heterocycles. The van der Waals surface area contributed by atoms with Crippen molar-refractivity contribution in [1.82, 2.24) is 14.7 Å². The van der Waals surface area contributed by atoms with Crippen LogP contribution in [-0.2, 0) is 16.9 Å². The standard InChI is InChI=1S/C13H15N3O2S/c1-13(2,11-14-9-19-16-11)15-12(17)18-8-10-6-4-3-5-7-10/h3-7,9H,8H2,1-2H3,(H,15,17). The first-order valence-electron chi connectivity index (χ1n) is 5.83. The van der Waals surface area contributed by atoms with Crippen molar-refractivity contribution in [3.8, 4) is 0 Å². The number of amides is 1. The fourth-order valence-electron chi connectivity index (χ4n) is 1.52. The first-order chi connectivity index (χ1) is 9.08. The maximum Gasteiger partial charge on any atom is 0.408 e. The van der Waals surface area contributed by atoms with Crippen LogP contribution in [0.3, 0.4) is 0 Å². The number of hydrogen-bond acceptors (Lipinski definition) is 5. The van der Waals surface area contributed by atoms with Crippen LogP contribution < -0.4 is 5.32 Å². The van der Waals surface area contributed by atoms with Crippen molar-refractivity contribution in [1.29, 1.82) is 0 Å². The largest absolute Gasteiger partial charge is 0.445 e. The molecule has 0 unspecified atom stereocenters. The summed E-state index contributed by atoms with van der Waals surface area (Å²) in [5.41, 5.74) is 1.93. The van der Waals surface area contributed by atoms with E-state index < -0.39 is 11.6 Å². The molecule has 1 N–H and O–H groups in total. The molecule has 0 bridgehead atoms. The Morgan fingerprint density at radius 1 is 1.37 bits per heavy atom. The van der Waals surface area contributed by atoms with Crippen LogP contribution in [0.2, 0.25) is 0 Å². The molecule has 0 atom stereocenters. The maximum absolute atomic E-state index is 11.7. The van der Waals surface area contributed by atoms with Gasteiger partial charge in [-0.2, -0.15) is 4.37 Å². The first-order valence-corrected chi connectivity index (χ1v) is 6.67. The highest BCUT2D eigenvalue weighted by molar-refractivity contribution is 7.03. The van der Waals surface area contributed by atoms with Crippen molar-refractivity contribution in [2.75, 3.05) is 0 Å². The number of carbonyl (C=O) groups is 1. The number of benzene rings is 1. The van der Waals surface area contributed by atoms with E-state index in [4.69, 9.17) is 4.74 Å². The topological polar surface area (TPSA) is 64.1 Å². The predicted molar refractivity (Wildman–Crippen MR) is 72.7 cm³/mol. The summed E-state index contributed by atoms with van der Waals surface area (Å²) in [6.07, 6.45) is -0.483. The van der Waals surface area contributed by atoms with Crippen LogP contribution in [0, 0.1) is 0 Å². The minimum Gasteiger partial charge on any atom is -0.445 e. The van der Waals surface area contributed by atoms with E-state index in [0.29, 0.717) is 5.82 Å². The lowest BCUT2D eigenvalue weighted by molar-refractivity contribution is 0.128. The van der Waals surface area contributed by atoms with Crippen LogP contribution in [0.5, 0.6) is 0 Å². The van der Waals surface area contributed by atoms with Gasteiger partial charge in [0.1, 0.15) is 12.1 Å². The van der Waals surface area contributed by atoms with E-state index in [9.17, 15) is 4.79 Å². The number of hydrogen-bond donors (Lipinski definition) is 1. The number of aromatic nitrogens is 2. The van der Waals surface area contributed by atoms with E-state index in [-0.39, 0.29) is 6.61 Å². The molecule has 5 nitrogen and oxygen atoms in total. The Morgan fingerprint density at radius 3 is 2.74 bits per heavy atom. The zero-order valence-electron chi connectivity index (χ0n) is 10.8. The van der Waals surface area contributed by atoms with Gasteiger partial charge in [-0.3, -0.25) is 0 Å². The molecule has 19 heavy (non-hydrogen) atoms. The number of ether oxygens (including phenoxy) is 1. The third kappa shape index (κ3) is 3.75. The quantitative estimate of drug-likeness (QED) is 0.933. The van der Waals surface area contributed by atoms with E-state index in [1.165, 1.54) is 11.5 Å². The molecule has 0 radical (unpaired) electrons. The number of nitrogens with zero attached hydrogens (tertiary/aromatic N) is 2. The summed E-state index contributed by atoms with van der Waals surface area (Å²) in [4.78, 5) is 15.8. The van der Waals surface area contributed by atoms with Gasteiger partial charge in [-0.05, 0) is 30.9 Å². The summed E-state index contributed by atoms with van der Waals surface area (Å²) in [6.45, 7) is 3.91. The van der Waals surface area contributed by atoms with Gasteiger partial charge in [-0.1, -0.05) is 30.3 Å². The molecule has 1 amide bonds. The molecular formula is C13H15N3O2S. The summed E-state index contributed by atoms with van der Waals surface area (Å²) in [7, 11) is 0. The van der Waals surface area contributed by atoms with Crippen LogP contribution in [0.4, 0.5) is 4.79 Å². The van der Waals surface area contributed by atoms with Crippen LogP contribution >= 0.6 is 11.5 Å². The Balaban J connectivity index is 1.88. The van der Waals surface area contributed by atoms with Crippen LogP contribution in [0.25, 0.3) is 0 Å². The SMILES string of the molecule is CC(C)(NC(=O)OCc1ccccc1)c1ncsn1. The molecule has 0 saturated heterocycles. The average Bonchev–Trinajstić information content (AvgIpc) is 2.92. The molecule has 2 aromatic rings. The minimum atomic E-state index is -0.645. The molecular weight excluding hydrogens is 262 g/mol. The molecule has 0 fully saturated rings. The maximum atomic E-state index is 11.7. The van der Waals surface area contributed by atoms with Crippen LogP contribution in [-0.4, -0.2) is 15.5 Å². The molecule has 100 valence electrons. The van der Waals surface area contributed by atoms with Crippen molar-refractivity contribution in [3.63, 3.8) is 0 Å². The zero-order valence-corrected chi connectivity index (χ0v) is 11.6. The van der Waals surface area contributed by atoms with Crippen molar-refractivity contribution in [2.45, 2.75) is 26.0 Å². The van der Waals surface area contributed by atoms with Crippen molar-refractivity contribution >= 4 is 17.6 Å². The predicted octanol–water partition coefficient (Wildman–Crippen LogP) is 2.70. The average molecular weight is 277 g/mol. The van der Waals surface area contributed by atoms with Gasteiger partial charge in [-0.25, -0.2) is 9.78 Å². The molecule has 1 aromatic heterocycles. The zero-order chi connectivity index (χ0) is 13.7. The summed E-state index contributed by atoms with van der Waals surface area (Å²) in [5.74, 6) is 0.578. The summed E-state index contributed by atoms with van der Waals surface area (Å²) in [6, 6.07) is 9.53. The van der Waals surface area contributed by atoms with E-state index in [1.54, 1.807) is 5.51 Å². The van der Waals surface area contributed by atoms with E-state index >= 15 is 0 Å². The molecule has 0 saturated carbocycles. The lowest BCUT2D eigenvalue weighted by atomic mass is 10.1. The Hall–Kier alpha value is -1.95. The Morgan fingerprint density at radius 2 is 2.11 bits per heavy atom. The van der Waals surface area contributed by atoms with Gasteiger partial charge < -0.3 is 10.1 Å². The highest BCUT2D eigenvalue weighted by Crippen LogP contribution is 2.16. The summed E-state index contributed by atoms with van der Waals surface area (Å²) < 4.78 is 9.28. The molecule has 0 aliphatic rings. The number of rotatable bonds is 4. The Kier molecular flexibility index (Phi) is 4.11. The lowest BCUT2D eigenvalue weighted by Gasteiger charge is -2.22. The number of nitrogens with one attached hydrogen (secondary N) is 1. The van der Waals surface area contributed by atoms with E-state index in [2.05, 4.69) is 14.7 Å². The molecule has 0 spiro atoms. The van der Waals surface area contributed by atoms with Gasteiger partial charge in [0.25, 0.3) is 0 Å². The summed E-state index contributed by atoms with van der Waals surface area (Å²) in [5, 5.41) is 2.75. The minimum absolute atomic E-state index is 0.243. The number of carbonyl (C=O) groups excluding carboxylic acids is 1. The van der Waals surface area contributed by atoms with E-state index in [0.717, 1.165) is 5.56 Å². The first kappa shape index (κ1) is 13.5. The van der Waals surface area contributed by atoms with Gasteiger partial charge in [0, 0.05) is 0 Å². The van der Waals surface area contributed by atoms with Crippen molar-refractivity contribution < 1.29 is 9.53 Å². The molecule has 6 heteroatoms. The molecule has 1 heterocycles. The Bertz CT molecular complexity index is 526. The van der Waals surface area contributed by atoms with Gasteiger partial charge >= 0.3 is 6.09 Å². The highest BCUT2D eigenvalue weighted by Gasteiger charge is 2.27. The highest BCUT2D eigenvalue weighted by atomic mass is 32.1. The summed E-state index contributed by atoms with van der Waals surface area (Å²) >= 11 is 1.25. The fourth-order valence-corrected chi connectivity index (χ4v) is 2.09. The van der Waals surface area contributed by atoms with Gasteiger partial charge in [-0.15, -0.1) is 0 Å². The van der Waals surface area contributed by atoms with E-state index in [1.807, 2.05) is 44.2 Å². The van der Waals surface area contributed by atoms with Gasteiger partial charge in [0.05, 0.1) is 5.54 Å². The third-order valence-corrected chi connectivity index (χ3v) is 3.03. The van der Waals surface area contributed by atoms with Crippen molar-refractivity contribution in [3.05, 3.63) is 47.2 Å². The van der Waals surface area contributed by atoms with Crippen molar-refractivity contribution in [2.24, 2.45) is 0 Å². The number of alkyl carbamates (subject to hydrolysis) is 1. The van der Waals surface area contributed by atoms with Crippen LogP contribution in [0.1, 0.15) is 25.2 Å². The smallest absolute Gasteiger partial charge is 0.408 e. The van der Waals surface area contributed by atoms with Gasteiger partial charge in [0.15, 0.2) is 5.82 Å². The Labute approximate surface area is 115 Å². The third-order valence-electron chi connectivity index (χ3n) is 2.55. The van der Waals surface area contributed by atoms with Crippen LogP contribution in [0.15, 0.2) is 35.8 Å². The normalized spacial score (nSPS) is 11.1. The lowest BCUT2D eigenvalue weighted by Crippen LogP contribution is -2.42. The molecule has 2 rings (SSSR count). The van der Waals surface area contributed by atoms with Gasteiger partial charge in [0.2, 0.25) is 0 Å². The second-order valence-electron chi connectivity index (χ2n) is 4.57. The monoisotopic (exact) mass is 277 g/mol. The molecule has 1 aromatic carbocycles. The molecule has 0 aliphatic carbocycles. The fraction of sp³-hybridized carbons (Fsp3) is 0.308. The second kappa shape index (κ2) is 5.79. The second-order valence-corrected chi connectivity index (χ2v) is 5.17.